The van der Waals surface area contributed by atoms with Crippen LogP contribution >= 0.6 is 0 Å². The molecule has 0 radical (unpaired) electrons. The summed E-state index contributed by atoms with van der Waals surface area (Å²) in [6, 6.07) is 31.7. The van der Waals surface area contributed by atoms with Crippen molar-refractivity contribution in [2.45, 2.75) is 11.8 Å². The lowest BCUT2D eigenvalue weighted by Crippen LogP contribution is -2.25. The first-order valence-corrected chi connectivity index (χ1v) is 10.4. The number of rotatable bonds is 7. The summed E-state index contributed by atoms with van der Waals surface area (Å²) >= 11 is 0. The molecule has 0 amide bonds. The molecule has 1 N–H and O–H groups in total. The molecule has 148 valence electrons. The van der Waals surface area contributed by atoms with Gasteiger partial charge in [0.25, 0.3) is 0 Å². The van der Waals surface area contributed by atoms with Crippen molar-refractivity contribution in [3.8, 4) is 0 Å². The van der Waals surface area contributed by atoms with Crippen molar-refractivity contribution in [2.24, 2.45) is 0 Å². The lowest BCUT2D eigenvalue weighted by molar-refractivity contribution is 0.827. The minimum absolute atomic E-state index is 0.102. The summed E-state index contributed by atoms with van der Waals surface area (Å²) in [4.78, 5) is 0. The monoisotopic (exact) mass is 389 g/mol. The summed E-state index contributed by atoms with van der Waals surface area (Å²) in [5, 5.41) is 3.72. The van der Waals surface area contributed by atoms with Gasteiger partial charge >= 0.3 is 0 Å². The minimum atomic E-state index is 0.102. The number of benzene rings is 3. The highest BCUT2D eigenvalue weighted by Gasteiger charge is 2.24. The highest BCUT2D eigenvalue weighted by Crippen LogP contribution is 2.37. The first-order valence-electron chi connectivity index (χ1n) is 10.4. The predicted octanol–water partition coefficient (Wildman–Crippen LogP) is 6.87. The van der Waals surface area contributed by atoms with E-state index in [0.29, 0.717) is 0 Å². The number of nitrogens with one attached hydrogen (secondary N) is 1. The number of allylic oxidation sites excluding steroid dienone is 4. The largest absolute Gasteiger partial charge is 0.381 e. The van der Waals surface area contributed by atoms with E-state index < -0.39 is 0 Å². The molecule has 4 rings (SSSR count). The Hall–Kier alpha value is -3.58. The average Bonchev–Trinajstić information content (AvgIpc) is 2.82. The molecule has 0 saturated heterocycles. The van der Waals surface area contributed by atoms with E-state index in [0.717, 1.165) is 6.54 Å². The molecular formula is C29H27N. The topological polar surface area (TPSA) is 12.0 Å². The molecule has 0 saturated carbocycles. The van der Waals surface area contributed by atoms with Crippen LogP contribution in [0.4, 0.5) is 0 Å². The second-order valence-corrected chi connectivity index (χ2v) is 7.52. The van der Waals surface area contributed by atoms with Gasteiger partial charge in [-0.3, -0.25) is 0 Å². The molecule has 3 aromatic carbocycles. The maximum atomic E-state index is 4.18. The summed E-state index contributed by atoms with van der Waals surface area (Å²) in [5.41, 5.74) is 7.42. The minimum Gasteiger partial charge on any atom is -0.381 e. The Labute approximate surface area is 179 Å². The Bertz CT molecular complexity index is 1060. The van der Waals surface area contributed by atoms with E-state index in [1.165, 1.54) is 33.5 Å². The van der Waals surface area contributed by atoms with E-state index in [1.54, 1.807) is 0 Å². The van der Waals surface area contributed by atoms with Gasteiger partial charge in [-0.2, -0.15) is 0 Å². The van der Waals surface area contributed by atoms with Crippen LogP contribution in [0.15, 0.2) is 134 Å². The Morgan fingerprint density at radius 3 is 1.70 bits per heavy atom. The van der Waals surface area contributed by atoms with Crippen LogP contribution in [0.2, 0.25) is 0 Å². The van der Waals surface area contributed by atoms with Crippen LogP contribution in [0, 0.1) is 0 Å². The smallest absolute Gasteiger partial charge is 0.0458 e. The van der Waals surface area contributed by atoms with Crippen molar-refractivity contribution in [1.29, 1.82) is 0 Å². The SMILES string of the molecule is C=C[C@@H](C1=CC([C@H](C=C)c2ccccc2)=C(c2ccccc2)NC1)c1ccccc1. The van der Waals surface area contributed by atoms with Gasteiger partial charge < -0.3 is 5.32 Å². The normalized spacial score (nSPS) is 15.5. The summed E-state index contributed by atoms with van der Waals surface area (Å²) in [5.74, 6) is 0.276. The third-order valence-corrected chi connectivity index (χ3v) is 5.68. The molecule has 1 aliphatic heterocycles. The Morgan fingerprint density at radius 1 is 0.667 bits per heavy atom. The lowest BCUT2D eigenvalue weighted by Gasteiger charge is -2.29. The maximum Gasteiger partial charge on any atom is 0.0458 e. The molecule has 0 spiro atoms. The summed E-state index contributed by atoms with van der Waals surface area (Å²) < 4.78 is 0. The van der Waals surface area contributed by atoms with E-state index in [4.69, 9.17) is 0 Å². The van der Waals surface area contributed by atoms with Crippen molar-refractivity contribution >= 4 is 5.70 Å². The van der Waals surface area contributed by atoms with Crippen molar-refractivity contribution in [1.82, 2.24) is 5.32 Å². The molecule has 0 unspecified atom stereocenters. The molecule has 0 fully saturated rings. The average molecular weight is 390 g/mol. The molecule has 1 heterocycles. The number of hydrogen-bond donors (Lipinski definition) is 1. The van der Waals surface area contributed by atoms with E-state index in [9.17, 15) is 0 Å². The summed E-state index contributed by atoms with van der Waals surface area (Å²) in [6.45, 7) is 9.10. The van der Waals surface area contributed by atoms with Gasteiger partial charge in [0, 0.05) is 24.1 Å². The van der Waals surface area contributed by atoms with Crippen LogP contribution in [-0.4, -0.2) is 6.54 Å². The van der Waals surface area contributed by atoms with Gasteiger partial charge in [0.05, 0.1) is 0 Å². The molecule has 0 bridgehead atoms. The number of dihydropyridines is 1. The molecule has 0 aromatic heterocycles. The lowest BCUT2D eigenvalue weighted by atomic mass is 9.81. The Balaban J connectivity index is 1.85. The fraction of sp³-hybridized carbons (Fsp3) is 0.103. The van der Waals surface area contributed by atoms with Crippen LogP contribution in [-0.2, 0) is 0 Å². The van der Waals surface area contributed by atoms with Crippen molar-refractivity contribution < 1.29 is 0 Å². The standard InChI is InChI=1S/C29H27N/c1-3-26(22-14-8-5-9-15-22)25-20-28(27(4-2)23-16-10-6-11-17-23)29(30-21-25)24-18-12-7-13-19-24/h3-20,26-27,30H,1-2,21H2/t26-,27-/m1/s1. The fourth-order valence-corrected chi connectivity index (χ4v) is 4.20. The predicted molar refractivity (Wildman–Crippen MR) is 128 cm³/mol. The van der Waals surface area contributed by atoms with Gasteiger partial charge in [-0.15, -0.1) is 13.2 Å². The Kier molecular flexibility index (Phi) is 6.10. The molecule has 1 aliphatic rings. The molecule has 30 heavy (non-hydrogen) atoms. The van der Waals surface area contributed by atoms with Crippen molar-refractivity contribution in [2.75, 3.05) is 6.54 Å². The zero-order valence-corrected chi connectivity index (χ0v) is 17.2. The third kappa shape index (κ3) is 4.06. The van der Waals surface area contributed by atoms with E-state index in [-0.39, 0.29) is 11.8 Å². The van der Waals surface area contributed by atoms with E-state index in [1.807, 2.05) is 12.2 Å². The van der Waals surface area contributed by atoms with Gasteiger partial charge in [-0.05, 0) is 27.8 Å². The molecule has 1 nitrogen and oxygen atoms in total. The highest BCUT2D eigenvalue weighted by atomic mass is 14.9. The van der Waals surface area contributed by atoms with Crippen LogP contribution < -0.4 is 5.32 Å². The van der Waals surface area contributed by atoms with Crippen LogP contribution in [0.5, 0.6) is 0 Å². The second kappa shape index (κ2) is 9.28. The van der Waals surface area contributed by atoms with Crippen molar-refractivity contribution in [3.05, 3.63) is 150 Å². The van der Waals surface area contributed by atoms with Crippen LogP contribution in [0.1, 0.15) is 28.5 Å². The van der Waals surface area contributed by atoms with E-state index in [2.05, 4.69) is 116 Å². The number of hydrogen-bond acceptors (Lipinski definition) is 1. The maximum absolute atomic E-state index is 4.18. The van der Waals surface area contributed by atoms with E-state index >= 15 is 0 Å². The molecular weight excluding hydrogens is 362 g/mol. The second-order valence-electron chi connectivity index (χ2n) is 7.52. The Morgan fingerprint density at radius 2 is 1.17 bits per heavy atom. The first kappa shape index (κ1) is 19.7. The fourth-order valence-electron chi connectivity index (χ4n) is 4.20. The van der Waals surface area contributed by atoms with Gasteiger partial charge in [-0.1, -0.05) is 109 Å². The molecule has 2 atom stereocenters. The first-order chi connectivity index (χ1) is 14.8. The summed E-state index contributed by atoms with van der Waals surface area (Å²) in [7, 11) is 0. The van der Waals surface area contributed by atoms with Gasteiger partial charge in [0.15, 0.2) is 0 Å². The third-order valence-electron chi connectivity index (χ3n) is 5.68. The van der Waals surface area contributed by atoms with Crippen molar-refractivity contribution in [3.63, 3.8) is 0 Å². The zero-order chi connectivity index (χ0) is 20.8. The van der Waals surface area contributed by atoms with Gasteiger partial charge in [0.2, 0.25) is 0 Å². The zero-order valence-electron chi connectivity index (χ0n) is 17.2. The van der Waals surface area contributed by atoms with Crippen LogP contribution in [0.25, 0.3) is 5.70 Å². The summed E-state index contributed by atoms with van der Waals surface area (Å²) in [6.07, 6.45) is 6.44. The molecule has 1 heteroatoms. The van der Waals surface area contributed by atoms with Gasteiger partial charge in [-0.25, -0.2) is 0 Å². The highest BCUT2D eigenvalue weighted by molar-refractivity contribution is 5.74. The van der Waals surface area contributed by atoms with Gasteiger partial charge in [0.1, 0.15) is 0 Å². The van der Waals surface area contributed by atoms with Crippen LogP contribution in [0.3, 0.4) is 0 Å². The molecule has 3 aromatic rings. The quantitative estimate of drug-likeness (QED) is 0.435. The molecule has 0 aliphatic carbocycles.